The van der Waals surface area contributed by atoms with Crippen LogP contribution in [0.15, 0.2) is 29.3 Å². The Kier molecular flexibility index (Phi) is 6.22. The van der Waals surface area contributed by atoms with Crippen LogP contribution in [0.1, 0.15) is 6.42 Å². The smallest absolute Gasteiger partial charge is 0.221 e. The molecule has 0 saturated carbocycles. The summed E-state index contributed by atoms with van der Waals surface area (Å²) in [6.45, 7) is 0.926. The Labute approximate surface area is 127 Å². The molecule has 0 spiro atoms. The zero-order valence-corrected chi connectivity index (χ0v) is 12.9. The number of methoxy groups -OCH3 is 2. The average Bonchev–Trinajstić information content (AvgIpc) is 2.50. The monoisotopic (exact) mass is 311 g/mol. The van der Waals surface area contributed by atoms with E-state index in [9.17, 15) is 4.39 Å². The Morgan fingerprint density at radius 2 is 2.10 bits per heavy atom. The van der Waals surface area contributed by atoms with Crippen molar-refractivity contribution >= 4 is 22.5 Å². The molecule has 0 amide bonds. The van der Waals surface area contributed by atoms with E-state index >= 15 is 0 Å². The summed E-state index contributed by atoms with van der Waals surface area (Å²) >= 11 is 1.60. The standard InChI is InChI=1S/C15H18FNO3S/c1-18-10-20-6-3-7-21-14-9-11(16)8-13-12(14)4-5-17-15(13)19-2/h4-5,8-9H,3,6-7,10H2,1-2H3. The Bertz CT molecular complexity index is 594. The van der Waals surface area contributed by atoms with Crippen LogP contribution in [-0.4, -0.2) is 38.4 Å². The highest BCUT2D eigenvalue weighted by molar-refractivity contribution is 7.99. The summed E-state index contributed by atoms with van der Waals surface area (Å²) in [5, 5.41) is 1.64. The van der Waals surface area contributed by atoms with Gasteiger partial charge in [0.15, 0.2) is 0 Å². The summed E-state index contributed by atoms with van der Waals surface area (Å²) in [5.41, 5.74) is 0. The predicted molar refractivity (Wildman–Crippen MR) is 81.4 cm³/mol. The minimum Gasteiger partial charge on any atom is -0.481 e. The number of aromatic nitrogens is 1. The molecule has 1 aromatic heterocycles. The first-order valence-corrected chi connectivity index (χ1v) is 7.56. The number of ether oxygens (including phenoxy) is 3. The molecule has 0 radical (unpaired) electrons. The number of hydrogen-bond donors (Lipinski definition) is 0. The van der Waals surface area contributed by atoms with Crippen LogP contribution in [0, 0.1) is 5.82 Å². The molecule has 0 aliphatic rings. The molecule has 0 fully saturated rings. The van der Waals surface area contributed by atoms with E-state index in [1.165, 1.54) is 13.2 Å². The Hall–Kier alpha value is -1.37. The van der Waals surface area contributed by atoms with Gasteiger partial charge < -0.3 is 14.2 Å². The van der Waals surface area contributed by atoms with E-state index in [0.717, 1.165) is 22.5 Å². The normalized spacial score (nSPS) is 11.0. The first-order chi connectivity index (χ1) is 10.3. The first kappa shape index (κ1) is 16.0. The molecule has 4 nitrogen and oxygen atoms in total. The van der Waals surface area contributed by atoms with Gasteiger partial charge in [0.2, 0.25) is 5.88 Å². The van der Waals surface area contributed by atoms with Crippen LogP contribution in [-0.2, 0) is 9.47 Å². The van der Waals surface area contributed by atoms with Crippen LogP contribution in [0.3, 0.4) is 0 Å². The highest BCUT2D eigenvalue weighted by Gasteiger charge is 2.09. The van der Waals surface area contributed by atoms with Crippen molar-refractivity contribution in [2.45, 2.75) is 11.3 Å². The lowest BCUT2D eigenvalue weighted by atomic mass is 10.1. The molecule has 0 N–H and O–H groups in total. The van der Waals surface area contributed by atoms with E-state index in [1.807, 2.05) is 6.07 Å². The topological polar surface area (TPSA) is 40.6 Å². The van der Waals surface area contributed by atoms with Crippen LogP contribution < -0.4 is 4.74 Å². The van der Waals surface area contributed by atoms with E-state index in [-0.39, 0.29) is 5.82 Å². The molecule has 2 aromatic rings. The Balaban J connectivity index is 2.09. The third kappa shape index (κ3) is 4.30. The molecular weight excluding hydrogens is 293 g/mol. The second-order valence-corrected chi connectivity index (χ2v) is 5.47. The van der Waals surface area contributed by atoms with Crippen molar-refractivity contribution < 1.29 is 18.6 Å². The minimum atomic E-state index is -0.285. The summed E-state index contributed by atoms with van der Waals surface area (Å²) in [6.07, 6.45) is 2.54. The Morgan fingerprint density at radius 3 is 2.86 bits per heavy atom. The zero-order chi connectivity index (χ0) is 15.1. The van der Waals surface area contributed by atoms with Crippen molar-refractivity contribution in [1.82, 2.24) is 4.98 Å². The molecule has 1 heterocycles. The summed E-state index contributed by atoms with van der Waals surface area (Å²) in [5.74, 6) is 0.997. The van der Waals surface area contributed by atoms with Gasteiger partial charge in [0.1, 0.15) is 12.6 Å². The molecule has 114 valence electrons. The molecule has 21 heavy (non-hydrogen) atoms. The first-order valence-electron chi connectivity index (χ1n) is 6.58. The number of rotatable bonds is 8. The summed E-state index contributed by atoms with van der Waals surface area (Å²) in [6, 6.07) is 4.87. The number of pyridine rings is 1. The molecule has 2 rings (SSSR count). The van der Waals surface area contributed by atoms with Gasteiger partial charge in [-0.05, 0) is 24.6 Å². The zero-order valence-electron chi connectivity index (χ0n) is 12.1. The van der Waals surface area contributed by atoms with E-state index in [2.05, 4.69) is 4.98 Å². The lowest BCUT2D eigenvalue weighted by Crippen LogP contribution is -1.99. The van der Waals surface area contributed by atoms with Gasteiger partial charge in [0.25, 0.3) is 0 Å². The minimum absolute atomic E-state index is 0.285. The van der Waals surface area contributed by atoms with Crippen LogP contribution in [0.25, 0.3) is 10.8 Å². The maximum Gasteiger partial charge on any atom is 0.221 e. The van der Waals surface area contributed by atoms with Crippen LogP contribution in [0.2, 0.25) is 0 Å². The summed E-state index contributed by atoms with van der Waals surface area (Å²) < 4.78 is 29.0. The number of nitrogens with zero attached hydrogens (tertiary/aromatic N) is 1. The second-order valence-electron chi connectivity index (χ2n) is 4.34. The molecule has 0 aliphatic heterocycles. The largest absolute Gasteiger partial charge is 0.481 e. The number of benzene rings is 1. The van der Waals surface area contributed by atoms with Gasteiger partial charge in [0, 0.05) is 34.7 Å². The predicted octanol–water partition coefficient (Wildman–Crippen LogP) is 3.49. The van der Waals surface area contributed by atoms with E-state index < -0.39 is 0 Å². The van der Waals surface area contributed by atoms with Gasteiger partial charge in [-0.1, -0.05) is 0 Å². The molecule has 0 aliphatic carbocycles. The highest BCUT2D eigenvalue weighted by atomic mass is 32.2. The lowest BCUT2D eigenvalue weighted by molar-refractivity contribution is -0.0297. The fourth-order valence-electron chi connectivity index (χ4n) is 1.96. The van der Waals surface area contributed by atoms with Gasteiger partial charge in [-0.2, -0.15) is 0 Å². The van der Waals surface area contributed by atoms with Gasteiger partial charge in [0.05, 0.1) is 13.7 Å². The third-order valence-electron chi connectivity index (χ3n) is 2.86. The maximum atomic E-state index is 13.8. The van der Waals surface area contributed by atoms with Crippen molar-refractivity contribution in [3.63, 3.8) is 0 Å². The third-order valence-corrected chi connectivity index (χ3v) is 4.00. The van der Waals surface area contributed by atoms with Crippen molar-refractivity contribution in [2.75, 3.05) is 33.4 Å². The van der Waals surface area contributed by atoms with Gasteiger partial charge in [-0.25, -0.2) is 9.37 Å². The molecular formula is C15H18FNO3S. The van der Waals surface area contributed by atoms with Crippen LogP contribution in [0.5, 0.6) is 5.88 Å². The second kappa shape index (κ2) is 8.17. The molecule has 0 atom stereocenters. The fourth-order valence-corrected chi connectivity index (χ4v) is 2.97. The summed E-state index contributed by atoms with van der Waals surface area (Å²) in [4.78, 5) is 4.99. The average molecular weight is 311 g/mol. The molecule has 0 bridgehead atoms. The number of thioether (sulfide) groups is 1. The van der Waals surface area contributed by atoms with E-state index in [1.54, 1.807) is 31.1 Å². The lowest BCUT2D eigenvalue weighted by Gasteiger charge is -2.09. The van der Waals surface area contributed by atoms with Crippen molar-refractivity contribution in [3.05, 3.63) is 30.2 Å². The van der Waals surface area contributed by atoms with E-state index in [0.29, 0.717) is 24.7 Å². The highest BCUT2D eigenvalue weighted by Crippen LogP contribution is 2.33. The molecule has 0 unspecified atom stereocenters. The summed E-state index contributed by atoms with van der Waals surface area (Å²) in [7, 11) is 3.13. The number of hydrogen-bond acceptors (Lipinski definition) is 5. The van der Waals surface area contributed by atoms with Gasteiger partial charge in [-0.3, -0.25) is 0 Å². The SMILES string of the molecule is COCOCCCSc1cc(F)cc2c(OC)nccc12. The van der Waals surface area contributed by atoms with Crippen LogP contribution >= 0.6 is 11.8 Å². The van der Waals surface area contributed by atoms with Crippen molar-refractivity contribution in [1.29, 1.82) is 0 Å². The fraction of sp³-hybridized carbons (Fsp3) is 0.400. The van der Waals surface area contributed by atoms with Crippen molar-refractivity contribution in [3.8, 4) is 5.88 Å². The maximum absolute atomic E-state index is 13.8. The van der Waals surface area contributed by atoms with E-state index in [4.69, 9.17) is 14.2 Å². The molecule has 1 aromatic carbocycles. The molecule has 6 heteroatoms. The quantitative estimate of drug-likeness (QED) is 0.424. The van der Waals surface area contributed by atoms with Crippen LogP contribution in [0.4, 0.5) is 4.39 Å². The van der Waals surface area contributed by atoms with Crippen molar-refractivity contribution in [2.24, 2.45) is 0 Å². The number of fused-ring (bicyclic) bond motifs is 1. The Morgan fingerprint density at radius 1 is 1.24 bits per heavy atom. The molecule has 0 saturated heterocycles. The number of halogens is 1. The van der Waals surface area contributed by atoms with Gasteiger partial charge in [-0.15, -0.1) is 11.8 Å². The van der Waals surface area contributed by atoms with Gasteiger partial charge >= 0.3 is 0 Å².